The van der Waals surface area contributed by atoms with Crippen molar-refractivity contribution < 1.29 is 13.7 Å². The number of carbonyl (C=O) groups is 1. The van der Waals surface area contributed by atoms with Crippen molar-refractivity contribution in [1.82, 2.24) is 35.4 Å². The van der Waals surface area contributed by atoms with E-state index in [0.717, 1.165) is 11.8 Å². The number of rotatable bonds is 6. The molecule has 0 saturated carbocycles. The molecule has 0 aliphatic heterocycles. The lowest BCUT2D eigenvalue weighted by atomic mass is 10.1. The maximum atomic E-state index is 13.0. The summed E-state index contributed by atoms with van der Waals surface area (Å²) < 4.78 is 18.1. The number of pyridine rings is 1. The maximum absolute atomic E-state index is 13.0. The van der Waals surface area contributed by atoms with Crippen molar-refractivity contribution in [2.24, 2.45) is 0 Å². The van der Waals surface area contributed by atoms with Gasteiger partial charge in [0.15, 0.2) is 5.82 Å². The average Bonchev–Trinajstić information content (AvgIpc) is 3.41. The molecule has 29 heavy (non-hydrogen) atoms. The van der Waals surface area contributed by atoms with E-state index in [1.165, 1.54) is 16.9 Å². The van der Waals surface area contributed by atoms with Gasteiger partial charge < -0.3 is 9.84 Å². The Labute approximate surface area is 164 Å². The fourth-order valence-corrected chi connectivity index (χ4v) is 2.69. The molecule has 0 atom stereocenters. The van der Waals surface area contributed by atoms with Crippen LogP contribution in [0.4, 0.5) is 4.39 Å². The molecular formula is C19H16FN7O2. The van der Waals surface area contributed by atoms with Gasteiger partial charge >= 0.3 is 0 Å². The molecule has 4 aromatic rings. The molecule has 9 nitrogen and oxygen atoms in total. The Bertz CT molecular complexity index is 1120. The molecule has 0 spiro atoms. The number of benzene rings is 1. The molecule has 1 N–H and O–H groups in total. The van der Waals surface area contributed by atoms with Gasteiger partial charge in [-0.05, 0) is 31.2 Å². The summed E-state index contributed by atoms with van der Waals surface area (Å²) in [5, 5.41) is 14.9. The molecule has 3 aromatic heterocycles. The van der Waals surface area contributed by atoms with Crippen molar-refractivity contribution >= 4 is 5.91 Å². The molecule has 0 aliphatic rings. The van der Waals surface area contributed by atoms with Gasteiger partial charge in [0, 0.05) is 13.0 Å². The van der Waals surface area contributed by atoms with Gasteiger partial charge in [0.1, 0.15) is 11.5 Å². The van der Waals surface area contributed by atoms with Crippen molar-refractivity contribution in [3.05, 3.63) is 71.7 Å². The summed E-state index contributed by atoms with van der Waals surface area (Å²) in [5.74, 6) is -0.108. The molecule has 0 saturated heterocycles. The maximum Gasteiger partial charge on any atom is 0.276 e. The van der Waals surface area contributed by atoms with Gasteiger partial charge in [0.25, 0.3) is 11.8 Å². The van der Waals surface area contributed by atoms with Gasteiger partial charge in [0.05, 0.1) is 29.8 Å². The molecule has 0 bridgehead atoms. The molecule has 1 amide bonds. The van der Waals surface area contributed by atoms with Gasteiger partial charge in [-0.2, -0.15) is 20.0 Å². The number of carbonyl (C=O) groups excluding carboxylic acids is 1. The van der Waals surface area contributed by atoms with Crippen LogP contribution >= 0.6 is 0 Å². The Kier molecular flexibility index (Phi) is 5.06. The predicted molar refractivity (Wildman–Crippen MR) is 99.6 cm³/mol. The van der Waals surface area contributed by atoms with E-state index in [0.29, 0.717) is 35.7 Å². The molecular weight excluding hydrogens is 377 g/mol. The molecule has 0 fully saturated rings. The third-order valence-corrected chi connectivity index (χ3v) is 4.08. The number of hydrogen-bond donors (Lipinski definition) is 1. The van der Waals surface area contributed by atoms with Crippen LogP contribution in [0.25, 0.3) is 17.3 Å². The lowest BCUT2D eigenvalue weighted by molar-refractivity contribution is 0.0953. The third-order valence-electron chi connectivity index (χ3n) is 4.08. The molecule has 146 valence electrons. The highest BCUT2D eigenvalue weighted by Gasteiger charge is 2.15. The quantitative estimate of drug-likeness (QED) is 0.534. The number of amides is 1. The van der Waals surface area contributed by atoms with Crippen LogP contribution in [0.2, 0.25) is 0 Å². The summed E-state index contributed by atoms with van der Waals surface area (Å²) in [7, 11) is 0. The summed E-state index contributed by atoms with van der Waals surface area (Å²) in [4.78, 5) is 22.2. The van der Waals surface area contributed by atoms with E-state index in [1.807, 2.05) is 13.0 Å². The molecule has 3 heterocycles. The highest BCUT2D eigenvalue weighted by molar-refractivity contribution is 5.97. The van der Waals surface area contributed by atoms with E-state index in [4.69, 9.17) is 4.52 Å². The van der Waals surface area contributed by atoms with Crippen LogP contribution < -0.4 is 5.32 Å². The fourth-order valence-electron chi connectivity index (χ4n) is 2.69. The average molecular weight is 393 g/mol. The van der Waals surface area contributed by atoms with Crippen molar-refractivity contribution in [3.8, 4) is 17.3 Å². The normalized spacial score (nSPS) is 10.8. The van der Waals surface area contributed by atoms with E-state index >= 15 is 0 Å². The minimum absolute atomic E-state index is 0.192. The highest BCUT2D eigenvalue weighted by atomic mass is 19.1. The van der Waals surface area contributed by atoms with Gasteiger partial charge in [-0.25, -0.2) is 9.37 Å². The topological polar surface area (TPSA) is 112 Å². The van der Waals surface area contributed by atoms with Crippen LogP contribution in [0.15, 0.2) is 53.4 Å². The van der Waals surface area contributed by atoms with E-state index in [2.05, 4.69) is 30.6 Å². The number of aromatic nitrogens is 6. The lowest BCUT2D eigenvalue weighted by Crippen LogP contribution is -2.27. The Morgan fingerprint density at radius 3 is 2.79 bits per heavy atom. The van der Waals surface area contributed by atoms with Crippen LogP contribution in [0.1, 0.15) is 21.7 Å². The Morgan fingerprint density at radius 2 is 2.03 bits per heavy atom. The molecule has 0 radical (unpaired) electrons. The Morgan fingerprint density at radius 1 is 1.21 bits per heavy atom. The van der Waals surface area contributed by atoms with E-state index < -0.39 is 5.82 Å². The van der Waals surface area contributed by atoms with Crippen molar-refractivity contribution in [2.75, 3.05) is 6.54 Å². The van der Waals surface area contributed by atoms with Crippen LogP contribution in [-0.2, 0) is 6.42 Å². The zero-order valence-electron chi connectivity index (χ0n) is 15.4. The molecule has 4 rings (SSSR count). The second-order valence-electron chi connectivity index (χ2n) is 6.22. The minimum atomic E-state index is -0.447. The second-order valence-corrected chi connectivity index (χ2v) is 6.22. The Hall–Kier alpha value is -3.95. The number of halogens is 1. The predicted octanol–water partition coefficient (Wildman–Crippen LogP) is 2.13. The fraction of sp³-hybridized carbons (Fsp3) is 0.158. The van der Waals surface area contributed by atoms with Crippen LogP contribution in [0.5, 0.6) is 0 Å². The van der Waals surface area contributed by atoms with Crippen LogP contribution in [0.3, 0.4) is 0 Å². The SMILES string of the molecule is Cc1ccc(-n2nccn2)c(C(=O)NCCc2noc(-c3ccc(F)cn3)n2)c1. The second kappa shape index (κ2) is 7.97. The van der Waals surface area contributed by atoms with Gasteiger partial charge in [0.2, 0.25) is 0 Å². The monoisotopic (exact) mass is 393 g/mol. The summed E-state index contributed by atoms with van der Waals surface area (Å²) in [6, 6.07) is 8.18. The molecule has 1 aromatic carbocycles. The molecule has 0 aliphatic carbocycles. The summed E-state index contributed by atoms with van der Waals surface area (Å²) >= 11 is 0. The van der Waals surface area contributed by atoms with Gasteiger partial charge in [-0.3, -0.25) is 4.79 Å². The third kappa shape index (κ3) is 4.15. The van der Waals surface area contributed by atoms with Crippen molar-refractivity contribution in [2.45, 2.75) is 13.3 Å². The number of nitrogens with zero attached hydrogens (tertiary/aromatic N) is 6. The summed E-state index contributed by atoms with van der Waals surface area (Å²) in [5.41, 5.74) is 2.37. The van der Waals surface area contributed by atoms with Crippen molar-refractivity contribution in [3.63, 3.8) is 0 Å². The minimum Gasteiger partial charge on any atom is -0.352 e. The first kappa shape index (κ1) is 18.4. The van der Waals surface area contributed by atoms with Gasteiger partial charge in [-0.1, -0.05) is 16.8 Å². The highest BCUT2D eigenvalue weighted by Crippen LogP contribution is 2.16. The van der Waals surface area contributed by atoms with Crippen LogP contribution in [-0.4, -0.2) is 42.6 Å². The standard InChI is InChI=1S/C19H16FN7O2/c1-12-2-5-16(27-23-8-9-24-27)14(10-12)18(28)21-7-6-17-25-19(29-26-17)15-4-3-13(20)11-22-15/h2-5,8-11H,6-7H2,1H3,(H,21,28). The first-order valence-electron chi connectivity index (χ1n) is 8.80. The number of aryl methyl sites for hydroxylation is 1. The van der Waals surface area contributed by atoms with E-state index in [9.17, 15) is 9.18 Å². The zero-order chi connectivity index (χ0) is 20.2. The van der Waals surface area contributed by atoms with Crippen molar-refractivity contribution in [1.29, 1.82) is 0 Å². The summed E-state index contributed by atoms with van der Waals surface area (Å²) in [6.45, 7) is 2.20. The number of nitrogens with one attached hydrogen (secondary N) is 1. The molecule has 10 heteroatoms. The van der Waals surface area contributed by atoms with E-state index in [1.54, 1.807) is 24.5 Å². The first-order valence-corrected chi connectivity index (χ1v) is 8.80. The lowest BCUT2D eigenvalue weighted by Gasteiger charge is -2.10. The van der Waals surface area contributed by atoms with E-state index in [-0.39, 0.29) is 11.8 Å². The first-order chi connectivity index (χ1) is 14.1. The number of hydrogen-bond acceptors (Lipinski definition) is 7. The summed E-state index contributed by atoms with van der Waals surface area (Å²) in [6.07, 6.45) is 4.53. The van der Waals surface area contributed by atoms with Crippen LogP contribution in [0, 0.1) is 12.7 Å². The smallest absolute Gasteiger partial charge is 0.276 e. The largest absolute Gasteiger partial charge is 0.352 e. The van der Waals surface area contributed by atoms with Gasteiger partial charge in [-0.15, -0.1) is 0 Å². The Balaban J connectivity index is 1.41. The zero-order valence-corrected chi connectivity index (χ0v) is 15.4. The molecule has 0 unspecified atom stereocenters.